The van der Waals surface area contributed by atoms with Gasteiger partial charge in [0.25, 0.3) is 0 Å². The van der Waals surface area contributed by atoms with Crippen LogP contribution in [0.4, 0.5) is 0 Å². The Morgan fingerprint density at radius 1 is 1.08 bits per heavy atom. The fourth-order valence-electron chi connectivity index (χ4n) is 6.25. The van der Waals surface area contributed by atoms with Gasteiger partial charge in [-0.05, 0) is 70.1 Å². The molecule has 5 fully saturated rings. The molecule has 1 saturated heterocycles. The van der Waals surface area contributed by atoms with Crippen LogP contribution in [0.3, 0.4) is 0 Å². The third kappa shape index (κ3) is 3.32. The molecule has 4 saturated carbocycles. The highest BCUT2D eigenvalue weighted by Gasteiger charge is 2.54. The van der Waals surface area contributed by atoms with Gasteiger partial charge in [0.05, 0.1) is 18.8 Å². The molecule has 0 aromatic heterocycles. The molecule has 1 heterocycles. The monoisotopic (exact) mass is 348 g/mol. The van der Waals surface area contributed by atoms with Gasteiger partial charge in [-0.2, -0.15) is 0 Å². The van der Waals surface area contributed by atoms with Crippen molar-refractivity contribution < 1.29 is 14.3 Å². The first kappa shape index (κ1) is 17.3. The number of hydrogen-bond donors (Lipinski definition) is 1. The van der Waals surface area contributed by atoms with Crippen LogP contribution < -0.4 is 5.32 Å². The van der Waals surface area contributed by atoms with Crippen LogP contribution in [0.25, 0.3) is 0 Å². The van der Waals surface area contributed by atoms with E-state index in [0.29, 0.717) is 26.1 Å². The van der Waals surface area contributed by atoms with Gasteiger partial charge in [0.1, 0.15) is 0 Å². The van der Waals surface area contributed by atoms with E-state index in [2.05, 4.69) is 5.32 Å². The molecule has 25 heavy (non-hydrogen) atoms. The van der Waals surface area contributed by atoms with Gasteiger partial charge in [0.2, 0.25) is 11.8 Å². The van der Waals surface area contributed by atoms with Crippen LogP contribution in [0, 0.1) is 23.2 Å². The molecule has 5 nitrogen and oxygen atoms in total. The lowest BCUT2D eigenvalue weighted by atomic mass is 9.49. The summed E-state index contributed by atoms with van der Waals surface area (Å²) in [6, 6.07) is 0.127. The van der Waals surface area contributed by atoms with E-state index in [1.165, 1.54) is 19.3 Å². The van der Waals surface area contributed by atoms with Crippen LogP contribution in [0.2, 0.25) is 0 Å². The molecule has 2 unspecified atom stereocenters. The van der Waals surface area contributed by atoms with E-state index >= 15 is 0 Å². The molecule has 0 spiro atoms. The first-order valence-corrected chi connectivity index (χ1v) is 10.1. The number of amides is 2. The Morgan fingerprint density at radius 2 is 1.68 bits per heavy atom. The van der Waals surface area contributed by atoms with Crippen LogP contribution in [0.1, 0.15) is 58.8 Å². The highest BCUT2D eigenvalue weighted by atomic mass is 16.5. The summed E-state index contributed by atoms with van der Waals surface area (Å²) in [5.41, 5.74) is -0.113. The number of ether oxygens (including phenoxy) is 1. The van der Waals surface area contributed by atoms with Gasteiger partial charge in [0, 0.05) is 24.9 Å². The number of hydrogen-bond acceptors (Lipinski definition) is 3. The highest BCUT2D eigenvalue weighted by molar-refractivity contribution is 5.84. The molecule has 2 atom stereocenters. The van der Waals surface area contributed by atoms with Crippen LogP contribution in [0.5, 0.6) is 0 Å². The molecule has 2 amide bonds. The summed E-state index contributed by atoms with van der Waals surface area (Å²) in [5, 5.41) is 3.12. The molecule has 5 rings (SSSR count). The summed E-state index contributed by atoms with van der Waals surface area (Å²) in [6.07, 6.45) is 7.77. The van der Waals surface area contributed by atoms with E-state index in [0.717, 1.165) is 37.0 Å². The van der Waals surface area contributed by atoms with Crippen molar-refractivity contribution in [3.63, 3.8) is 0 Å². The topological polar surface area (TPSA) is 58.6 Å². The van der Waals surface area contributed by atoms with Crippen molar-refractivity contribution in [1.29, 1.82) is 0 Å². The molecular weight excluding hydrogens is 316 g/mol. The average molecular weight is 348 g/mol. The number of carbonyl (C=O) groups is 2. The second-order valence-electron chi connectivity index (χ2n) is 9.24. The smallest absolute Gasteiger partial charge is 0.226 e. The fourth-order valence-corrected chi connectivity index (χ4v) is 6.25. The number of rotatable bonds is 4. The van der Waals surface area contributed by atoms with E-state index < -0.39 is 0 Å². The number of nitrogens with one attached hydrogen (secondary N) is 1. The van der Waals surface area contributed by atoms with E-state index in [-0.39, 0.29) is 29.4 Å². The van der Waals surface area contributed by atoms with E-state index in [4.69, 9.17) is 4.74 Å². The molecule has 0 aromatic rings. The number of carbonyl (C=O) groups excluding carboxylic acids is 2. The Hall–Kier alpha value is -1.10. The highest BCUT2D eigenvalue weighted by Crippen LogP contribution is 2.60. The van der Waals surface area contributed by atoms with E-state index in [9.17, 15) is 9.59 Å². The van der Waals surface area contributed by atoms with Crippen molar-refractivity contribution in [3.8, 4) is 0 Å². The molecule has 0 aromatic carbocycles. The Bertz CT molecular complexity index is 512. The summed E-state index contributed by atoms with van der Waals surface area (Å²) in [7, 11) is 0. The molecule has 4 bridgehead atoms. The van der Waals surface area contributed by atoms with Gasteiger partial charge in [0.15, 0.2) is 0 Å². The van der Waals surface area contributed by atoms with Crippen LogP contribution in [-0.4, -0.2) is 48.6 Å². The van der Waals surface area contributed by atoms with Crippen molar-refractivity contribution in [2.45, 2.75) is 70.9 Å². The maximum absolute atomic E-state index is 12.9. The summed E-state index contributed by atoms with van der Waals surface area (Å²) < 4.78 is 5.59. The zero-order valence-electron chi connectivity index (χ0n) is 15.6. The minimum Gasteiger partial charge on any atom is -0.375 e. The normalized spacial score (nSPS) is 42.5. The van der Waals surface area contributed by atoms with Gasteiger partial charge in [-0.3, -0.25) is 9.59 Å². The molecule has 0 radical (unpaired) electrons. The zero-order chi connectivity index (χ0) is 17.6. The lowest BCUT2D eigenvalue weighted by Crippen LogP contribution is -2.54. The molecule has 5 heteroatoms. The minimum atomic E-state index is -0.113. The minimum absolute atomic E-state index is 0.0989. The van der Waals surface area contributed by atoms with Gasteiger partial charge < -0.3 is 15.0 Å². The standard InChI is InChI=1S/C20H32N2O3/c1-13-12-25-14(2)11-22(13)18(23)3-4-21-19(24)20-8-15-5-16(9-20)7-17(6-15)10-20/h13-17H,3-12H2,1-2H3,(H,21,24). The van der Waals surface area contributed by atoms with Crippen LogP contribution in [0.15, 0.2) is 0 Å². The Morgan fingerprint density at radius 3 is 2.28 bits per heavy atom. The average Bonchev–Trinajstić information content (AvgIpc) is 2.55. The van der Waals surface area contributed by atoms with Crippen molar-refractivity contribution >= 4 is 11.8 Å². The van der Waals surface area contributed by atoms with Crippen molar-refractivity contribution in [1.82, 2.24) is 10.2 Å². The van der Waals surface area contributed by atoms with Gasteiger partial charge in [-0.25, -0.2) is 0 Å². The second-order valence-corrected chi connectivity index (χ2v) is 9.24. The van der Waals surface area contributed by atoms with Crippen molar-refractivity contribution in [3.05, 3.63) is 0 Å². The molecule has 1 N–H and O–H groups in total. The van der Waals surface area contributed by atoms with Crippen LogP contribution in [-0.2, 0) is 14.3 Å². The Kier molecular flexibility index (Phi) is 4.55. The molecule has 1 aliphatic heterocycles. The first-order chi connectivity index (χ1) is 11.9. The number of morpholine rings is 1. The van der Waals surface area contributed by atoms with Gasteiger partial charge >= 0.3 is 0 Å². The summed E-state index contributed by atoms with van der Waals surface area (Å²) in [5.74, 6) is 2.68. The van der Waals surface area contributed by atoms with E-state index in [1.807, 2.05) is 18.7 Å². The summed E-state index contributed by atoms with van der Waals surface area (Å²) in [4.78, 5) is 27.3. The largest absolute Gasteiger partial charge is 0.375 e. The zero-order valence-corrected chi connectivity index (χ0v) is 15.6. The van der Waals surface area contributed by atoms with Crippen molar-refractivity contribution in [2.24, 2.45) is 23.2 Å². The third-order valence-electron chi connectivity index (χ3n) is 7.07. The van der Waals surface area contributed by atoms with Crippen LogP contribution >= 0.6 is 0 Å². The fraction of sp³-hybridized carbons (Fsp3) is 0.900. The van der Waals surface area contributed by atoms with Gasteiger partial charge in [-0.1, -0.05) is 0 Å². The first-order valence-electron chi connectivity index (χ1n) is 10.1. The number of nitrogens with zero attached hydrogens (tertiary/aromatic N) is 1. The lowest BCUT2D eigenvalue weighted by molar-refractivity contribution is -0.147. The summed E-state index contributed by atoms with van der Waals surface area (Å²) in [6.45, 7) is 5.76. The lowest BCUT2D eigenvalue weighted by Gasteiger charge is -2.55. The second kappa shape index (κ2) is 6.57. The maximum atomic E-state index is 12.9. The summed E-state index contributed by atoms with van der Waals surface area (Å²) >= 11 is 0. The predicted molar refractivity (Wildman–Crippen MR) is 94.8 cm³/mol. The molecule has 4 aliphatic carbocycles. The molecule has 140 valence electrons. The Balaban J connectivity index is 1.28. The quantitative estimate of drug-likeness (QED) is 0.848. The third-order valence-corrected chi connectivity index (χ3v) is 7.07. The van der Waals surface area contributed by atoms with E-state index in [1.54, 1.807) is 0 Å². The Labute approximate surface area is 150 Å². The van der Waals surface area contributed by atoms with Gasteiger partial charge in [-0.15, -0.1) is 0 Å². The molecule has 5 aliphatic rings. The SMILES string of the molecule is CC1CN(C(=O)CCNC(=O)C23CC4CC(CC(C4)C2)C3)C(C)CO1. The maximum Gasteiger partial charge on any atom is 0.226 e. The predicted octanol–water partition coefficient (Wildman–Crippen LogP) is 2.34. The molecular formula is C20H32N2O3. The van der Waals surface area contributed by atoms with Crippen molar-refractivity contribution in [2.75, 3.05) is 19.7 Å².